The smallest absolute Gasteiger partial charge is 0.189 e. The zero-order valence-electron chi connectivity index (χ0n) is 5.82. The first-order chi connectivity index (χ1) is 4.46. The van der Waals surface area contributed by atoms with E-state index in [1.807, 2.05) is 36.4 Å². The Balaban J connectivity index is 4.61. The molecule has 10 heavy (non-hydrogen) atoms. The monoisotopic (exact) mass is 273 g/mol. The summed E-state index contributed by atoms with van der Waals surface area (Å²) in [6.45, 7) is 3.71. The van der Waals surface area contributed by atoms with Crippen LogP contribution in [0.1, 0.15) is 13.8 Å². The van der Waals surface area contributed by atoms with Crippen LogP contribution in [0.5, 0.6) is 0 Å². The molecule has 0 aliphatic heterocycles. The first kappa shape index (κ1) is 10.3. The molecular weight excluding hydrogens is 264 g/mol. The molecule has 0 amide bonds. The van der Waals surface area contributed by atoms with Crippen molar-refractivity contribution in [3.8, 4) is 0 Å². The molecule has 0 unspecified atom stereocenters. The predicted molar refractivity (Wildman–Crippen MR) is 53.8 cm³/mol. The summed E-state index contributed by atoms with van der Waals surface area (Å²) in [4.78, 5) is 0. The van der Waals surface area contributed by atoms with Crippen LogP contribution in [0.3, 0.4) is 0 Å². The number of thiocarbonyl (C=S) groups is 1. The normalized spacial score (nSPS) is 13.3. The van der Waals surface area contributed by atoms with Gasteiger partial charge in [-0.1, -0.05) is 26.1 Å². The molecule has 1 nitrogen and oxygen atoms in total. The summed E-state index contributed by atoms with van der Waals surface area (Å²) in [5.41, 5.74) is 5.40. The van der Waals surface area contributed by atoms with Gasteiger partial charge in [0.2, 0.25) is 0 Å². The van der Waals surface area contributed by atoms with E-state index in [2.05, 4.69) is 0 Å². The molecule has 0 heterocycles. The third kappa shape index (κ3) is 2.92. The summed E-state index contributed by atoms with van der Waals surface area (Å²) in [6.07, 6.45) is 0. The lowest BCUT2D eigenvalue weighted by Crippen LogP contribution is -2.07. The van der Waals surface area contributed by atoms with Gasteiger partial charge in [-0.3, -0.25) is 0 Å². The third-order valence-electron chi connectivity index (χ3n) is 1.05. The van der Waals surface area contributed by atoms with Crippen molar-refractivity contribution in [3.63, 3.8) is 0 Å². The van der Waals surface area contributed by atoms with Crippen molar-refractivity contribution < 1.29 is 4.39 Å². The molecule has 0 bridgehead atoms. The van der Waals surface area contributed by atoms with E-state index in [9.17, 15) is 4.39 Å². The maximum Gasteiger partial charge on any atom is 0.189 e. The van der Waals surface area contributed by atoms with E-state index >= 15 is 0 Å². The van der Waals surface area contributed by atoms with E-state index < -0.39 is 5.95 Å². The lowest BCUT2D eigenvalue weighted by molar-refractivity contribution is 0.599. The molecule has 0 aliphatic rings. The average Bonchev–Trinajstić information content (AvgIpc) is 1.59. The minimum Gasteiger partial charge on any atom is -0.375 e. The average molecular weight is 273 g/mol. The second-order valence-corrected chi connectivity index (χ2v) is 4.41. The largest absolute Gasteiger partial charge is 0.375 e. The lowest BCUT2D eigenvalue weighted by atomic mass is 10.1. The van der Waals surface area contributed by atoms with Crippen LogP contribution in [-0.4, -0.2) is 2.87 Å². The summed E-state index contributed by atoms with van der Waals surface area (Å²) in [5, 5.41) is 0. The minimum atomic E-state index is -0.658. The van der Waals surface area contributed by atoms with Crippen LogP contribution in [-0.2, 0) is 0 Å². The van der Waals surface area contributed by atoms with Gasteiger partial charge in [0.25, 0.3) is 0 Å². The van der Waals surface area contributed by atoms with Gasteiger partial charge >= 0.3 is 0 Å². The Bertz CT molecular complexity index is 173. The maximum absolute atomic E-state index is 12.4. The number of hydrogen-bond acceptors (Lipinski definition) is 2. The molecule has 0 aromatic rings. The van der Waals surface area contributed by atoms with Crippen LogP contribution in [0.2, 0.25) is 0 Å². The molecule has 0 atom stereocenters. The summed E-state index contributed by atoms with van der Waals surface area (Å²) in [6, 6.07) is 0. The number of allylic oxidation sites excluding steroid dienone is 1. The SMILES string of the molecule is CC(C)C(C(=S)I)=C(N)F. The van der Waals surface area contributed by atoms with E-state index in [0.29, 0.717) is 8.44 Å². The molecule has 4 heteroatoms. The molecule has 0 aromatic carbocycles. The van der Waals surface area contributed by atoms with Crippen LogP contribution in [0.15, 0.2) is 11.5 Å². The van der Waals surface area contributed by atoms with Crippen molar-refractivity contribution in [2.24, 2.45) is 11.7 Å². The highest BCUT2D eigenvalue weighted by atomic mass is 127. The fourth-order valence-corrected chi connectivity index (χ4v) is 1.81. The molecule has 2 N–H and O–H groups in total. The van der Waals surface area contributed by atoms with E-state index in [0.717, 1.165) is 0 Å². The molecule has 58 valence electrons. The van der Waals surface area contributed by atoms with Crippen molar-refractivity contribution in [2.75, 3.05) is 0 Å². The van der Waals surface area contributed by atoms with Gasteiger partial charge in [-0.05, 0) is 28.5 Å². The third-order valence-corrected chi connectivity index (χ3v) is 1.85. The predicted octanol–water partition coefficient (Wildman–Crippen LogP) is 2.54. The molecule has 0 radical (unpaired) electrons. The number of nitrogens with two attached hydrogens (primary N) is 1. The fraction of sp³-hybridized carbons (Fsp3) is 0.500. The maximum atomic E-state index is 12.4. The van der Waals surface area contributed by atoms with Gasteiger partial charge in [0, 0.05) is 5.57 Å². The Kier molecular flexibility index (Phi) is 4.35. The van der Waals surface area contributed by atoms with Crippen molar-refractivity contribution in [2.45, 2.75) is 13.8 Å². The first-order valence-corrected chi connectivity index (χ1v) is 4.30. The Labute approximate surface area is 79.0 Å². The molecule has 0 aliphatic carbocycles. The van der Waals surface area contributed by atoms with Crippen LogP contribution in [0, 0.1) is 5.92 Å². The van der Waals surface area contributed by atoms with E-state index in [-0.39, 0.29) is 5.92 Å². The van der Waals surface area contributed by atoms with Crippen LogP contribution >= 0.6 is 34.8 Å². The Morgan fingerprint density at radius 1 is 1.60 bits per heavy atom. The Hall–Kier alpha value is 0.290. The number of hydrogen-bond donors (Lipinski definition) is 1. The van der Waals surface area contributed by atoms with E-state index in [4.69, 9.17) is 18.0 Å². The lowest BCUT2D eigenvalue weighted by Gasteiger charge is -2.07. The quantitative estimate of drug-likeness (QED) is 0.275. The molecule has 0 fully saturated rings. The molecule has 0 saturated heterocycles. The Morgan fingerprint density at radius 2 is 2.00 bits per heavy atom. The standard InChI is InChI=1S/C6H9FINS/c1-3(2)4(5(7)9)6(8)10/h3H,9H2,1-2H3. The summed E-state index contributed by atoms with van der Waals surface area (Å²) in [5.74, 6) is -0.594. The molecule has 0 saturated carbocycles. The second-order valence-electron chi connectivity index (χ2n) is 2.19. The highest BCUT2D eigenvalue weighted by Crippen LogP contribution is 2.18. The van der Waals surface area contributed by atoms with Gasteiger partial charge in [0.15, 0.2) is 5.95 Å². The van der Waals surface area contributed by atoms with Crippen LogP contribution < -0.4 is 5.73 Å². The summed E-state index contributed by atoms with van der Waals surface area (Å²) in [7, 11) is 0. The van der Waals surface area contributed by atoms with Gasteiger partial charge in [-0.2, -0.15) is 4.39 Å². The highest BCUT2D eigenvalue weighted by molar-refractivity contribution is 14.1. The van der Waals surface area contributed by atoms with Crippen molar-refractivity contribution in [1.29, 1.82) is 0 Å². The fourth-order valence-electron chi connectivity index (χ4n) is 0.597. The van der Waals surface area contributed by atoms with Crippen molar-refractivity contribution in [1.82, 2.24) is 0 Å². The van der Waals surface area contributed by atoms with Gasteiger partial charge in [0.05, 0.1) is 2.87 Å². The first-order valence-electron chi connectivity index (χ1n) is 2.81. The number of rotatable bonds is 2. The molecular formula is C6H9FINS. The zero-order valence-corrected chi connectivity index (χ0v) is 8.79. The van der Waals surface area contributed by atoms with E-state index in [1.54, 1.807) is 0 Å². The van der Waals surface area contributed by atoms with Gasteiger partial charge in [-0.25, -0.2) is 0 Å². The summed E-state index contributed by atoms with van der Waals surface area (Å²) >= 11 is 6.67. The van der Waals surface area contributed by atoms with Crippen molar-refractivity contribution in [3.05, 3.63) is 11.5 Å². The van der Waals surface area contributed by atoms with Crippen LogP contribution in [0.4, 0.5) is 4.39 Å². The highest BCUT2D eigenvalue weighted by Gasteiger charge is 2.10. The minimum absolute atomic E-state index is 0.0643. The second kappa shape index (κ2) is 4.23. The molecule has 0 spiro atoms. The van der Waals surface area contributed by atoms with E-state index in [1.165, 1.54) is 0 Å². The van der Waals surface area contributed by atoms with Gasteiger partial charge in [-0.15, -0.1) is 0 Å². The van der Waals surface area contributed by atoms with Crippen LogP contribution in [0.25, 0.3) is 0 Å². The van der Waals surface area contributed by atoms with Gasteiger partial charge < -0.3 is 5.73 Å². The van der Waals surface area contributed by atoms with Crippen molar-refractivity contribution >= 4 is 37.7 Å². The van der Waals surface area contributed by atoms with Gasteiger partial charge in [0.1, 0.15) is 0 Å². The molecule has 0 aromatic heterocycles. The Morgan fingerprint density at radius 3 is 2.00 bits per heavy atom. The summed E-state index contributed by atoms with van der Waals surface area (Å²) < 4.78 is 12.9. The zero-order chi connectivity index (χ0) is 8.31. The topological polar surface area (TPSA) is 26.0 Å². The number of halogens is 2. The molecule has 0 rings (SSSR count).